The van der Waals surface area contributed by atoms with Crippen LogP contribution in [-0.4, -0.2) is 34.1 Å². The zero-order chi connectivity index (χ0) is 15.4. The second-order valence-electron chi connectivity index (χ2n) is 5.65. The summed E-state index contributed by atoms with van der Waals surface area (Å²) < 4.78 is 0. The minimum atomic E-state index is -0.0194. The SMILES string of the molecule is Cc1ccc(Nc2ccc(C(=O)N3CCCCC3)nn2)cc1. The van der Waals surface area contributed by atoms with Crippen LogP contribution >= 0.6 is 0 Å². The molecule has 1 saturated heterocycles. The molecule has 0 unspecified atom stereocenters. The first-order valence-electron chi connectivity index (χ1n) is 7.69. The van der Waals surface area contributed by atoms with Gasteiger partial charge in [-0.05, 0) is 50.5 Å². The van der Waals surface area contributed by atoms with Crippen molar-refractivity contribution in [2.75, 3.05) is 18.4 Å². The molecule has 1 aromatic heterocycles. The van der Waals surface area contributed by atoms with Gasteiger partial charge in [-0.15, -0.1) is 10.2 Å². The fourth-order valence-electron chi connectivity index (χ4n) is 2.56. The van der Waals surface area contributed by atoms with Crippen LogP contribution in [0.2, 0.25) is 0 Å². The van der Waals surface area contributed by atoms with E-state index in [4.69, 9.17) is 0 Å². The van der Waals surface area contributed by atoms with Crippen molar-refractivity contribution in [1.29, 1.82) is 0 Å². The molecule has 2 aromatic rings. The number of aryl methyl sites for hydroxylation is 1. The lowest BCUT2D eigenvalue weighted by molar-refractivity contribution is 0.0717. The summed E-state index contributed by atoms with van der Waals surface area (Å²) in [5.41, 5.74) is 2.57. The maximum atomic E-state index is 12.3. The maximum Gasteiger partial charge on any atom is 0.274 e. The topological polar surface area (TPSA) is 58.1 Å². The molecule has 5 heteroatoms. The Hall–Kier alpha value is -2.43. The summed E-state index contributed by atoms with van der Waals surface area (Å²) in [6, 6.07) is 11.6. The van der Waals surface area contributed by atoms with E-state index >= 15 is 0 Å². The Morgan fingerprint density at radius 2 is 1.73 bits per heavy atom. The van der Waals surface area contributed by atoms with Gasteiger partial charge in [0.2, 0.25) is 0 Å². The molecular weight excluding hydrogens is 276 g/mol. The molecule has 1 fully saturated rings. The van der Waals surface area contributed by atoms with Crippen LogP contribution in [0.4, 0.5) is 11.5 Å². The molecule has 0 spiro atoms. The second-order valence-corrected chi connectivity index (χ2v) is 5.65. The number of aromatic nitrogens is 2. The Kier molecular flexibility index (Phi) is 4.32. The van der Waals surface area contributed by atoms with Gasteiger partial charge in [0.25, 0.3) is 5.91 Å². The van der Waals surface area contributed by atoms with E-state index in [1.54, 1.807) is 12.1 Å². The van der Waals surface area contributed by atoms with E-state index in [9.17, 15) is 4.79 Å². The summed E-state index contributed by atoms with van der Waals surface area (Å²) in [7, 11) is 0. The smallest absolute Gasteiger partial charge is 0.274 e. The number of piperidine rings is 1. The average Bonchev–Trinajstić information content (AvgIpc) is 2.58. The van der Waals surface area contributed by atoms with Gasteiger partial charge in [-0.1, -0.05) is 17.7 Å². The number of carbonyl (C=O) groups is 1. The van der Waals surface area contributed by atoms with Crippen molar-refractivity contribution in [1.82, 2.24) is 15.1 Å². The van der Waals surface area contributed by atoms with Crippen LogP contribution in [0.15, 0.2) is 36.4 Å². The number of benzene rings is 1. The first-order valence-corrected chi connectivity index (χ1v) is 7.69. The standard InChI is InChI=1S/C17H20N4O/c1-13-5-7-14(8-6-13)18-16-10-9-15(19-20-16)17(22)21-11-3-2-4-12-21/h5-10H,2-4,11-12H2,1H3,(H,18,20). The van der Waals surface area contributed by atoms with Gasteiger partial charge in [-0.3, -0.25) is 4.79 Å². The molecule has 114 valence electrons. The summed E-state index contributed by atoms with van der Waals surface area (Å²) in [5.74, 6) is 0.619. The third-order valence-electron chi connectivity index (χ3n) is 3.85. The summed E-state index contributed by atoms with van der Waals surface area (Å²) in [4.78, 5) is 14.2. The summed E-state index contributed by atoms with van der Waals surface area (Å²) in [6.07, 6.45) is 3.35. The van der Waals surface area contributed by atoms with E-state index in [-0.39, 0.29) is 5.91 Å². The van der Waals surface area contributed by atoms with Crippen molar-refractivity contribution in [2.45, 2.75) is 26.2 Å². The Balaban J connectivity index is 1.66. The van der Waals surface area contributed by atoms with Gasteiger partial charge in [0.15, 0.2) is 11.5 Å². The lowest BCUT2D eigenvalue weighted by Gasteiger charge is -2.26. The number of amides is 1. The lowest BCUT2D eigenvalue weighted by Crippen LogP contribution is -2.36. The Labute approximate surface area is 130 Å². The van der Waals surface area contributed by atoms with Crippen LogP contribution in [0.1, 0.15) is 35.3 Å². The number of carbonyl (C=O) groups excluding carboxylic acids is 1. The number of hydrogen-bond acceptors (Lipinski definition) is 4. The fourth-order valence-corrected chi connectivity index (χ4v) is 2.56. The molecule has 0 radical (unpaired) electrons. The first kappa shape index (κ1) is 14.5. The second kappa shape index (κ2) is 6.56. The minimum absolute atomic E-state index is 0.0194. The van der Waals surface area contributed by atoms with Crippen molar-refractivity contribution in [2.24, 2.45) is 0 Å². The highest BCUT2D eigenvalue weighted by Gasteiger charge is 2.19. The Morgan fingerprint density at radius 1 is 1.00 bits per heavy atom. The highest BCUT2D eigenvalue weighted by atomic mass is 16.2. The van der Waals surface area contributed by atoms with Crippen LogP contribution < -0.4 is 5.32 Å². The Bertz CT molecular complexity index is 631. The van der Waals surface area contributed by atoms with Crippen molar-refractivity contribution >= 4 is 17.4 Å². The summed E-state index contributed by atoms with van der Waals surface area (Å²) >= 11 is 0. The molecule has 5 nitrogen and oxygen atoms in total. The highest BCUT2D eigenvalue weighted by molar-refractivity contribution is 5.92. The molecule has 1 aliphatic heterocycles. The third-order valence-corrected chi connectivity index (χ3v) is 3.85. The first-order chi connectivity index (χ1) is 10.7. The van der Waals surface area contributed by atoms with Gasteiger partial charge in [0.1, 0.15) is 0 Å². The normalized spacial score (nSPS) is 14.7. The van der Waals surface area contributed by atoms with Crippen molar-refractivity contribution in [3.63, 3.8) is 0 Å². The van der Waals surface area contributed by atoms with Crippen LogP contribution in [0.25, 0.3) is 0 Å². The van der Waals surface area contributed by atoms with E-state index in [0.717, 1.165) is 31.6 Å². The van der Waals surface area contributed by atoms with Gasteiger partial charge in [0.05, 0.1) is 0 Å². The van der Waals surface area contributed by atoms with Crippen LogP contribution in [-0.2, 0) is 0 Å². The van der Waals surface area contributed by atoms with Crippen LogP contribution in [0.3, 0.4) is 0 Å². The Morgan fingerprint density at radius 3 is 2.36 bits per heavy atom. The number of hydrogen-bond donors (Lipinski definition) is 1. The molecule has 3 rings (SSSR count). The predicted molar refractivity (Wildman–Crippen MR) is 86.2 cm³/mol. The monoisotopic (exact) mass is 296 g/mol. The maximum absolute atomic E-state index is 12.3. The van der Waals surface area contributed by atoms with Crippen molar-refractivity contribution in [3.05, 3.63) is 47.7 Å². The van der Waals surface area contributed by atoms with Gasteiger partial charge in [-0.2, -0.15) is 0 Å². The molecule has 0 atom stereocenters. The molecule has 22 heavy (non-hydrogen) atoms. The molecule has 1 aliphatic rings. The molecule has 1 amide bonds. The van der Waals surface area contributed by atoms with Gasteiger partial charge in [-0.25, -0.2) is 0 Å². The highest BCUT2D eigenvalue weighted by Crippen LogP contribution is 2.16. The quantitative estimate of drug-likeness (QED) is 0.945. The van der Waals surface area contributed by atoms with Crippen molar-refractivity contribution in [3.8, 4) is 0 Å². The third kappa shape index (κ3) is 3.42. The minimum Gasteiger partial charge on any atom is -0.339 e. The predicted octanol–water partition coefficient (Wildman–Crippen LogP) is 3.15. The molecule has 0 aliphatic carbocycles. The molecule has 2 heterocycles. The molecule has 0 saturated carbocycles. The molecule has 1 N–H and O–H groups in total. The van der Waals surface area contributed by atoms with E-state index in [2.05, 4.69) is 15.5 Å². The fraction of sp³-hybridized carbons (Fsp3) is 0.353. The number of anilines is 2. The van der Waals surface area contributed by atoms with E-state index in [1.807, 2.05) is 36.1 Å². The molecule has 1 aromatic carbocycles. The zero-order valence-corrected chi connectivity index (χ0v) is 12.7. The molecular formula is C17H20N4O. The van der Waals surface area contributed by atoms with Gasteiger partial charge in [0, 0.05) is 18.8 Å². The zero-order valence-electron chi connectivity index (χ0n) is 12.7. The van der Waals surface area contributed by atoms with Crippen molar-refractivity contribution < 1.29 is 4.79 Å². The largest absolute Gasteiger partial charge is 0.339 e. The average molecular weight is 296 g/mol. The van der Waals surface area contributed by atoms with E-state index in [0.29, 0.717) is 11.5 Å². The van der Waals surface area contributed by atoms with Gasteiger partial charge >= 0.3 is 0 Å². The number of nitrogens with one attached hydrogen (secondary N) is 1. The number of rotatable bonds is 3. The number of likely N-dealkylation sites (tertiary alicyclic amines) is 1. The summed E-state index contributed by atoms with van der Waals surface area (Å²) in [5, 5.41) is 11.3. The lowest BCUT2D eigenvalue weighted by atomic mass is 10.1. The van der Waals surface area contributed by atoms with E-state index in [1.165, 1.54) is 12.0 Å². The van der Waals surface area contributed by atoms with Gasteiger partial charge < -0.3 is 10.2 Å². The number of nitrogens with zero attached hydrogens (tertiary/aromatic N) is 3. The molecule has 0 bridgehead atoms. The van der Waals surface area contributed by atoms with Crippen LogP contribution in [0.5, 0.6) is 0 Å². The van der Waals surface area contributed by atoms with E-state index < -0.39 is 0 Å². The summed E-state index contributed by atoms with van der Waals surface area (Å²) in [6.45, 7) is 3.69. The van der Waals surface area contributed by atoms with Crippen LogP contribution in [0, 0.1) is 6.92 Å².